The molecule has 0 atom stereocenters. The molecule has 2 aromatic carbocycles. The fourth-order valence-corrected chi connectivity index (χ4v) is 3.68. The van der Waals surface area contributed by atoms with Gasteiger partial charge in [0.2, 0.25) is 0 Å². The summed E-state index contributed by atoms with van der Waals surface area (Å²) in [5.74, 6) is -0.369. The van der Waals surface area contributed by atoms with E-state index in [1.165, 1.54) is 7.11 Å². The Hall–Kier alpha value is -4.02. The van der Waals surface area contributed by atoms with Gasteiger partial charge in [-0.25, -0.2) is 4.79 Å². The van der Waals surface area contributed by atoms with E-state index in [0.29, 0.717) is 17.0 Å². The number of esters is 1. The molecule has 7 nitrogen and oxygen atoms in total. The number of aromatic nitrogens is 1. The molecule has 0 aliphatic carbocycles. The number of rotatable bonds is 6. The van der Waals surface area contributed by atoms with Crippen molar-refractivity contribution in [1.82, 2.24) is 4.57 Å². The number of carbonyl (C=O) groups excluding carboxylic acids is 2. The van der Waals surface area contributed by atoms with Crippen molar-refractivity contribution in [2.24, 2.45) is 0 Å². The molecule has 3 rings (SSSR count). The molecule has 0 aliphatic heterocycles. The number of aryl methyl sites for hydroxylation is 1. The summed E-state index contributed by atoms with van der Waals surface area (Å²) in [5, 5.41) is 12.6. The minimum Gasteiger partial charge on any atom is -0.497 e. The van der Waals surface area contributed by atoms with Crippen molar-refractivity contribution in [3.05, 3.63) is 81.6 Å². The fourth-order valence-electron chi connectivity index (χ4n) is 3.43. The van der Waals surface area contributed by atoms with Crippen molar-refractivity contribution in [1.29, 1.82) is 5.26 Å². The number of nitriles is 1. The van der Waals surface area contributed by atoms with E-state index >= 15 is 0 Å². The van der Waals surface area contributed by atoms with E-state index in [9.17, 15) is 14.9 Å². The van der Waals surface area contributed by atoms with Crippen LogP contribution in [0, 0.1) is 25.2 Å². The van der Waals surface area contributed by atoms with E-state index < -0.39 is 11.9 Å². The van der Waals surface area contributed by atoms with Gasteiger partial charge in [-0.3, -0.25) is 4.79 Å². The predicted molar refractivity (Wildman–Crippen MR) is 127 cm³/mol. The first-order valence-electron chi connectivity index (χ1n) is 9.93. The van der Waals surface area contributed by atoms with Gasteiger partial charge in [0.05, 0.1) is 24.8 Å². The quantitative estimate of drug-likeness (QED) is 0.312. The smallest absolute Gasteiger partial charge is 0.339 e. The number of ether oxygens (including phenoxy) is 2. The first-order valence-corrected chi connectivity index (χ1v) is 10.3. The Morgan fingerprint density at radius 2 is 1.79 bits per heavy atom. The third-order valence-corrected chi connectivity index (χ3v) is 5.41. The maximum absolute atomic E-state index is 12.6. The minimum absolute atomic E-state index is 0.0369. The van der Waals surface area contributed by atoms with Crippen LogP contribution in [0.15, 0.2) is 54.1 Å². The average molecular weight is 464 g/mol. The number of hydrogen-bond acceptors (Lipinski definition) is 5. The van der Waals surface area contributed by atoms with E-state index in [4.69, 9.17) is 21.1 Å². The van der Waals surface area contributed by atoms with Gasteiger partial charge in [-0.1, -0.05) is 11.6 Å². The van der Waals surface area contributed by atoms with Gasteiger partial charge in [0.25, 0.3) is 5.91 Å². The van der Waals surface area contributed by atoms with Crippen molar-refractivity contribution in [2.75, 3.05) is 19.5 Å². The largest absolute Gasteiger partial charge is 0.497 e. The van der Waals surface area contributed by atoms with E-state index in [-0.39, 0.29) is 16.2 Å². The van der Waals surface area contributed by atoms with Crippen LogP contribution in [-0.4, -0.2) is 30.7 Å². The van der Waals surface area contributed by atoms with E-state index in [1.54, 1.807) is 55.7 Å². The second-order valence-electron chi connectivity index (χ2n) is 7.17. The third kappa shape index (κ3) is 5.08. The lowest BCUT2D eigenvalue weighted by Gasteiger charge is -2.12. The zero-order chi connectivity index (χ0) is 24.1. The number of methoxy groups -OCH3 is 2. The summed E-state index contributed by atoms with van der Waals surface area (Å²) in [4.78, 5) is 24.5. The molecule has 0 unspecified atom stereocenters. The molecular weight excluding hydrogens is 442 g/mol. The molecular formula is C25H22ClN3O4. The summed E-state index contributed by atoms with van der Waals surface area (Å²) in [6.07, 6.45) is 1.54. The van der Waals surface area contributed by atoms with Crippen molar-refractivity contribution < 1.29 is 19.1 Å². The zero-order valence-corrected chi connectivity index (χ0v) is 19.4. The fraction of sp³-hybridized carbons (Fsp3) is 0.160. The highest BCUT2D eigenvalue weighted by molar-refractivity contribution is 6.33. The second kappa shape index (κ2) is 10.1. The number of amides is 1. The Labute approximate surface area is 196 Å². The summed E-state index contributed by atoms with van der Waals surface area (Å²) >= 11 is 6.28. The average Bonchev–Trinajstić information content (AvgIpc) is 3.09. The first kappa shape index (κ1) is 23.6. The summed E-state index contributed by atoms with van der Waals surface area (Å²) in [7, 11) is 2.85. The molecule has 8 heteroatoms. The summed E-state index contributed by atoms with van der Waals surface area (Å²) in [6, 6.07) is 15.7. The van der Waals surface area contributed by atoms with Gasteiger partial charge >= 0.3 is 5.97 Å². The van der Waals surface area contributed by atoms with Gasteiger partial charge in [-0.2, -0.15) is 5.26 Å². The normalized spacial score (nSPS) is 11.0. The molecule has 1 N–H and O–H groups in total. The Kier molecular flexibility index (Phi) is 7.21. The van der Waals surface area contributed by atoms with E-state index in [0.717, 1.165) is 17.1 Å². The van der Waals surface area contributed by atoms with Gasteiger partial charge < -0.3 is 19.4 Å². The molecule has 3 aromatic rings. The Balaban J connectivity index is 1.91. The van der Waals surface area contributed by atoms with Crippen LogP contribution >= 0.6 is 11.6 Å². The number of benzene rings is 2. The van der Waals surface area contributed by atoms with Crippen molar-refractivity contribution in [3.8, 4) is 17.5 Å². The molecule has 0 saturated carbocycles. The third-order valence-electron chi connectivity index (χ3n) is 5.10. The number of halogens is 1. The lowest BCUT2D eigenvalue weighted by Crippen LogP contribution is -2.13. The van der Waals surface area contributed by atoms with Gasteiger partial charge in [0.15, 0.2) is 0 Å². The molecule has 0 fully saturated rings. The number of carbonyl (C=O) groups is 2. The van der Waals surface area contributed by atoms with Gasteiger partial charge in [-0.05, 0) is 74.0 Å². The molecule has 0 aliphatic rings. The SMILES string of the molecule is COC(=O)c1ccc(-n2c(C)cc(/C=C(/C#N)C(=O)Nc3ccc(OC)cc3)c2C)cc1Cl. The maximum Gasteiger partial charge on any atom is 0.339 e. The molecule has 168 valence electrons. The standard InChI is InChI=1S/C25H22ClN3O4/c1-15-11-17(12-18(14-27)24(30)28-19-5-8-21(32-3)9-6-19)16(2)29(15)20-7-10-22(23(26)13-20)25(31)33-4/h5-13H,1-4H3,(H,28,30)/b18-12-. The van der Waals surface area contributed by atoms with Crippen LogP contribution in [0.4, 0.5) is 5.69 Å². The van der Waals surface area contributed by atoms with Crippen LogP contribution in [0.2, 0.25) is 5.02 Å². The number of anilines is 1. The van der Waals surface area contributed by atoms with Gasteiger partial charge in [0.1, 0.15) is 17.4 Å². The molecule has 0 radical (unpaired) electrons. The van der Waals surface area contributed by atoms with E-state index in [1.807, 2.05) is 30.6 Å². The van der Waals surface area contributed by atoms with Crippen molar-refractivity contribution in [2.45, 2.75) is 13.8 Å². The number of nitrogens with one attached hydrogen (secondary N) is 1. The molecule has 1 amide bonds. The highest BCUT2D eigenvalue weighted by Gasteiger charge is 2.16. The molecule has 1 aromatic heterocycles. The van der Waals surface area contributed by atoms with Gasteiger partial charge in [-0.15, -0.1) is 0 Å². The predicted octanol–water partition coefficient (Wildman–Crippen LogP) is 5.09. The molecule has 1 heterocycles. The molecule has 0 spiro atoms. The molecule has 33 heavy (non-hydrogen) atoms. The minimum atomic E-state index is -0.516. The van der Waals surface area contributed by atoms with Crippen LogP contribution in [0.3, 0.4) is 0 Å². The van der Waals surface area contributed by atoms with Crippen LogP contribution in [0.25, 0.3) is 11.8 Å². The van der Waals surface area contributed by atoms with Crippen LogP contribution < -0.4 is 10.1 Å². The van der Waals surface area contributed by atoms with E-state index in [2.05, 4.69) is 5.32 Å². The van der Waals surface area contributed by atoms with Crippen LogP contribution in [-0.2, 0) is 9.53 Å². The molecule has 0 saturated heterocycles. The highest BCUT2D eigenvalue weighted by atomic mass is 35.5. The zero-order valence-electron chi connectivity index (χ0n) is 18.6. The molecule has 0 bridgehead atoms. The topological polar surface area (TPSA) is 93.4 Å². The first-order chi connectivity index (χ1) is 15.8. The monoisotopic (exact) mass is 463 g/mol. The van der Waals surface area contributed by atoms with Gasteiger partial charge in [0, 0.05) is 22.8 Å². The summed E-state index contributed by atoms with van der Waals surface area (Å²) < 4.78 is 11.8. The van der Waals surface area contributed by atoms with Crippen molar-refractivity contribution in [3.63, 3.8) is 0 Å². The highest BCUT2D eigenvalue weighted by Crippen LogP contribution is 2.27. The number of nitrogens with zero attached hydrogens (tertiary/aromatic N) is 2. The summed E-state index contributed by atoms with van der Waals surface area (Å²) in [5.41, 5.74) is 3.91. The Morgan fingerprint density at radius 3 is 2.36 bits per heavy atom. The number of hydrogen-bond donors (Lipinski definition) is 1. The summed E-state index contributed by atoms with van der Waals surface area (Å²) in [6.45, 7) is 3.77. The Morgan fingerprint density at radius 1 is 1.09 bits per heavy atom. The van der Waals surface area contributed by atoms with Crippen LogP contribution in [0.1, 0.15) is 27.3 Å². The lowest BCUT2D eigenvalue weighted by atomic mass is 10.1. The Bertz CT molecular complexity index is 1280. The van der Waals surface area contributed by atoms with Crippen molar-refractivity contribution >= 4 is 35.2 Å². The lowest BCUT2D eigenvalue weighted by molar-refractivity contribution is -0.112. The second-order valence-corrected chi connectivity index (χ2v) is 7.58. The van der Waals surface area contributed by atoms with Crippen LogP contribution in [0.5, 0.6) is 5.75 Å². The maximum atomic E-state index is 12.6.